The molecule has 0 spiro atoms. The molecule has 4 heteroatoms. The molecule has 0 aromatic carbocycles. The average Bonchev–Trinajstić information content (AvgIpc) is 1.87. The highest BCUT2D eigenvalue weighted by molar-refractivity contribution is 6.28. The lowest BCUT2D eigenvalue weighted by molar-refractivity contribution is -0.126. The Labute approximate surface area is 64.1 Å². The summed E-state index contributed by atoms with van der Waals surface area (Å²) >= 11 is 5.11. The molecule has 0 aliphatic heterocycles. The summed E-state index contributed by atoms with van der Waals surface area (Å²) in [7, 11) is 0. The smallest absolute Gasteiger partial charge is 0.252 e. The van der Waals surface area contributed by atoms with Gasteiger partial charge in [0, 0.05) is 5.57 Å². The van der Waals surface area contributed by atoms with E-state index >= 15 is 0 Å². The third-order valence-electron chi connectivity index (χ3n) is 0.762. The van der Waals surface area contributed by atoms with E-state index in [1.54, 1.807) is 0 Å². The molecule has 3 nitrogen and oxygen atoms in total. The normalized spacial score (nSPS) is 8.60. The van der Waals surface area contributed by atoms with Crippen molar-refractivity contribution in [2.75, 3.05) is 5.88 Å². The summed E-state index contributed by atoms with van der Waals surface area (Å²) < 4.78 is 0. The van der Waals surface area contributed by atoms with Crippen LogP contribution in [0.4, 0.5) is 0 Å². The molecule has 0 bridgehead atoms. The zero-order valence-corrected chi connectivity index (χ0v) is 6.36. The second-order valence-corrected chi connectivity index (χ2v) is 2.06. The third kappa shape index (κ3) is 3.25. The first-order valence-electron chi connectivity index (χ1n) is 2.63. The van der Waals surface area contributed by atoms with E-state index in [2.05, 4.69) is 6.58 Å². The minimum absolute atomic E-state index is 0.209. The van der Waals surface area contributed by atoms with Crippen LogP contribution in [0.2, 0.25) is 0 Å². The number of amides is 2. The van der Waals surface area contributed by atoms with E-state index in [9.17, 15) is 9.59 Å². The lowest BCUT2D eigenvalue weighted by Gasteiger charge is -1.98. The molecule has 0 heterocycles. The minimum Gasteiger partial charge on any atom is -0.292 e. The predicted octanol–water partition coefficient (Wildman–Crippen LogP) is 0.444. The van der Waals surface area contributed by atoms with Gasteiger partial charge in [0.2, 0.25) is 5.91 Å². The Hall–Kier alpha value is -0.830. The molecule has 56 valence electrons. The minimum atomic E-state index is -0.505. The lowest BCUT2D eigenvalue weighted by Crippen LogP contribution is -2.31. The highest BCUT2D eigenvalue weighted by Crippen LogP contribution is 1.85. The van der Waals surface area contributed by atoms with Gasteiger partial charge in [-0.3, -0.25) is 14.9 Å². The summed E-state index contributed by atoms with van der Waals surface area (Å²) in [6.45, 7) is 4.85. The van der Waals surface area contributed by atoms with Crippen LogP contribution in [-0.4, -0.2) is 17.7 Å². The number of carbonyl (C=O) groups excluding carboxylic acids is 2. The van der Waals surface area contributed by atoms with E-state index in [0.717, 1.165) is 0 Å². The topological polar surface area (TPSA) is 46.2 Å². The summed E-state index contributed by atoms with van der Waals surface area (Å²) in [6.07, 6.45) is 0. The van der Waals surface area contributed by atoms with Gasteiger partial charge < -0.3 is 0 Å². The fraction of sp³-hybridized carbons (Fsp3) is 0.333. The van der Waals surface area contributed by atoms with Crippen LogP contribution in [0.25, 0.3) is 0 Å². The predicted molar refractivity (Wildman–Crippen MR) is 38.7 cm³/mol. The van der Waals surface area contributed by atoms with Crippen molar-refractivity contribution in [3.05, 3.63) is 12.2 Å². The Kier molecular flexibility index (Phi) is 3.72. The second kappa shape index (κ2) is 4.06. The van der Waals surface area contributed by atoms with Crippen molar-refractivity contribution < 1.29 is 9.59 Å². The first kappa shape index (κ1) is 9.17. The number of halogens is 1. The number of hydrogen-bond acceptors (Lipinski definition) is 2. The molecule has 0 aromatic rings. The number of carbonyl (C=O) groups is 2. The van der Waals surface area contributed by atoms with Crippen LogP contribution in [0.1, 0.15) is 6.92 Å². The Morgan fingerprint density at radius 1 is 1.60 bits per heavy atom. The monoisotopic (exact) mass is 161 g/mol. The van der Waals surface area contributed by atoms with Crippen molar-refractivity contribution in [3.8, 4) is 0 Å². The lowest BCUT2D eigenvalue weighted by atomic mass is 10.3. The van der Waals surface area contributed by atoms with Gasteiger partial charge in [0.15, 0.2) is 0 Å². The van der Waals surface area contributed by atoms with E-state index in [-0.39, 0.29) is 5.88 Å². The van der Waals surface area contributed by atoms with E-state index < -0.39 is 11.8 Å². The largest absolute Gasteiger partial charge is 0.292 e. The fourth-order valence-corrected chi connectivity index (χ4v) is 0.334. The van der Waals surface area contributed by atoms with Gasteiger partial charge in [-0.15, -0.1) is 11.6 Å². The number of imide groups is 1. The number of rotatable bonds is 2. The second-order valence-electron chi connectivity index (χ2n) is 1.79. The van der Waals surface area contributed by atoms with Gasteiger partial charge in [0.25, 0.3) is 5.91 Å². The SMILES string of the molecule is C=C(C)C(=O)NC(=O)CCl. The molecule has 0 fully saturated rings. The van der Waals surface area contributed by atoms with Crippen molar-refractivity contribution in [1.29, 1.82) is 0 Å². The summed E-state index contributed by atoms with van der Waals surface area (Å²) in [5, 5.41) is 2.02. The molecule has 0 aromatic heterocycles. The van der Waals surface area contributed by atoms with Crippen LogP contribution >= 0.6 is 11.6 Å². The molecular formula is C6H8ClNO2. The van der Waals surface area contributed by atoms with Gasteiger partial charge in [-0.1, -0.05) is 6.58 Å². The van der Waals surface area contributed by atoms with Crippen molar-refractivity contribution >= 4 is 23.4 Å². The Balaban J connectivity index is 3.80. The molecule has 0 unspecified atom stereocenters. The third-order valence-corrected chi connectivity index (χ3v) is 1.00. The zero-order chi connectivity index (χ0) is 8.15. The standard InChI is InChI=1S/C6H8ClNO2/c1-4(2)6(10)8-5(9)3-7/h1,3H2,2H3,(H,8,9,10). The molecule has 0 rings (SSSR count). The quantitative estimate of drug-likeness (QED) is 0.472. The van der Waals surface area contributed by atoms with Crippen LogP contribution in [-0.2, 0) is 9.59 Å². The molecular weight excluding hydrogens is 154 g/mol. The average molecular weight is 162 g/mol. The van der Waals surface area contributed by atoms with Gasteiger partial charge in [-0.2, -0.15) is 0 Å². The summed E-state index contributed by atoms with van der Waals surface area (Å²) in [5.74, 6) is -1.20. The van der Waals surface area contributed by atoms with Crippen LogP contribution in [0.5, 0.6) is 0 Å². The molecule has 0 saturated carbocycles. The van der Waals surface area contributed by atoms with Gasteiger partial charge in [-0.05, 0) is 6.92 Å². The summed E-state index contributed by atoms with van der Waals surface area (Å²) in [6, 6.07) is 0. The van der Waals surface area contributed by atoms with Gasteiger partial charge >= 0.3 is 0 Å². The van der Waals surface area contributed by atoms with Crippen LogP contribution < -0.4 is 5.32 Å². The maximum atomic E-state index is 10.6. The van der Waals surface area contributed by atoms with Crippen molar-refractivity contribution in [2.24, 2.45) is 0 Å². The van der Waals surface area contributed by atoms with E-state index in [1.807, 2.05) is 5.32 Å². The Morgan fingerprint density at radius 2 is 2.10 bits per heavy atom. The van der Waals surface area contributed by atoms with Crippen molar-refractivity contribution in [1.82, 2.24) is 5.32 Å². The molecule has 10 heavy (non-hydrogen) atoms. The molecule has 0 saturated heterocycles. The van der Waals surface area contributed by atoms with E-state index in [4.69, 9.17) is 11.6 Å². The van der Waals surface area contributed by atoms with Crippen molar-refractivity contribution in [3.63, 3.8) is 0 Å². The van der Waals surface area contributed by atoms with Crippen LogP contribution in [0.15, 0.2) is 12.2 Å². The maximum absolute atomic E-state index is 10.6. The van der Waals surface area contributed by atoms with E-state index in [0.29, 0.717) is 5.57 Å². The van der Waals surface area contributed by atoms with Crippen LogP contribution in [0.3, 0.4) is 0 Å². The zero-order valence-electron chi connectivity index (χ0n) is 5.61. The van der Waals surface area contributed by atoms with Crippen molar-refractivity contribution in [2.45, 2.75) is 6.92 Å². The Bertz CT molecular complexity index is 177. The number of hydrogen-bond donors (Lipinski definition) is 1. The van der Waals surface area contributed by atoms with E-state index in [1.165, 1.54) is 6.92 Å². The fourth-order valence-electron chi connectivity index (χ4n) is 0.267. The molecule has 2 amide bonds. The van der Waals surface area contributed by atoms with Gasteiger partial charge in [-0.25, -0.2) is 0 Å². The molecule has 0 atom stereocenters. The van der Waals surface area contributed by atoms with Gasteiger partial charge in [0.05, 0.1) is 0 Å². The number of alkyl halides is 1. The molecule has 0 aliphatic rings. The van der Waals surface area contributed by atoms with Crippen LogP contribution in [0, 0.1) is 0 Å². The Morgan fingerprint density at radius 3 is 2.40 bits per heavy atom. The molecule has 0 aliphatic carbocycles. The maximum Gasteiger partial charge on any atom is 0.252 e. The number of nitrogens with one attached hydrogen (secondary N) is 1. The molecule has 1 N–H and O–H groups in total. The summed E-state index contributed by atoms with van der Waals surface area (Å²) in [5.41, 5.74) is 0.290. The highest BCUT2D eigenvalue weighted by Gasteiger charge is 2.05. The summed E-state index contributed by atoms with van der Waals surface area (Å²) in [4.78, 5) is 21.0. The molecule has 0 radical (unpaired) electrons. The van der Waals surface area contributed by atoms with Gasteiger partial charge in [0.1, 0.15) is 5.88 Å². The first-order valence-corrected chi connectivity index (χ1v) is 3.17. The highest BCUT2D eigenvalue weighted by atomic mass is 35.5. The first-order chi connectivity index (χ1) is 4.57.